The van der Waals surface area contributed by atoms with Gasteiger partial charge >= 0.3 is 5.97 Å². The van der Waals surface area contributed by atoms with E-state index in [0.29, 0.717) is 6.42 Å². The van der Waals surface area contributed by atoms with Crippen LogP contribution in [0, 0.1) is 0 Å². The minimum Gasteiger partial charge on any atom is -0.480 e. The fourth-order valence-electron chi connectivity index (χ4n) is 2.38. The number of amides is 2. The number of hydrogen-bond donors (Lipinski definition) is 2. The van der Waals surface area contributed by atoms with Gasteiger partial charge in [0.05, 0.1) is 10.6 Å². The van der Waals surface area contributed by atoms with Crippen LogP contribution in [0.4, 0.5) is 0 Å². The smallest absolute Gasteiger partial charge is 0.326 e. The lowest BCUT2D eigenvalue weighted by Gasteiger charge is -2.26. The number of benzene rings is 1. The van der Waals surface area contributed by atoms with E-state index in [1.54, 1.807) is 0 Å². The number of carbonyl (C=O) groups is 3. The molecule has 1 unspecified atom stereocenters. The van der Waals surface area contributed by atoms with E-state index in [0.717, 1.165) is 11.3 Å². The van der Waals surface area contributed by atoms with E-state index in [9.17, 15) is 27.9 Å². The van der Waals surface area contributed by atoms with Crippen molar-refractivity contribution >= 4 is 27.6 Å². The first-order valence-electron chi connectivity index (χ1n) is 8.71. The minimum absolute atomic E-state index is 0.0163. The minimum atomic E-state index is -3.41. The molecule has 0 radical (unpaired) electrons. The van der Waals surface area contributed by atoms with Crippen molar-refractivity contribution in [2.75, 3.05) is 18.8 Å². The lowest BCUT2D eigenvalue weighted by Crippen LogP contribution is -2.46. The number of sulfone groups is 1. The van der Waals surface area contributed by atoms with Gasteiger partial charge in [-0.25, -0.2) is 13.2 Å². The van der Waals surface area contributed by atoms with Crippen LogP contribution in [0.3, 0.4) is 0 Å². The zero-order chi connectivity index (χ0) is 20.6. The average Bonchev–Trinajstić information content (AvgIpc) is 2.62. The molecule has 150 valence electrons. The summed E-state index contributed by atoms with van der Waals surface area (Å²) in [5, 5.41) is 11.7. The van der Waals surface area contributed by atoms with E-state index < -0.39 is 27.8 Å². The Bertz CT molecular complexity index is 774. The fourth-order valence-corrected chi connectivity index (χ4v) is 3.83. The molecular weight excluding hydrogens is 372 g/mol. The molecule has 0 bridgehead atoms. The van der Waals surface area contributed by atoms with Crippen molar-refractivity contribution in [3.05, 3.63) is 29.8 Å². The van der Waals surface area contributed by atoms with Crippen LogP contribution < -0.4 is 5.32 Å². The topological polar surface area (TPSA) is 121 Å². The molecule has 0 aromatic heterocycles. The van der Waals surface area contributed by atoms with Gasteiger partial charge in [-0.1, -0.05) is 13.3 Å². The molecule has 9 heteroatoms. The number of carboxylic acids is 1. The maximum Gasteiger partial charge on any atom is 0.326 e. The van der Waals surface area contributed by atoms with Gasteiger partial charge in [-0.2, -0.15) is 0 Å². The van der Waals surface area contributed by atoms with Gasteiger partial charge in [0.1, 0.15) is 6.04 Å². The molecular formula is C18H26N2O6S. The number of carbonyl (C=O) groups excluding carboxylic acids is 2. The Kier molecular flexibility index (Phi) is 8.42. The molecule has 2 N–H and O–H groups in total. The lowest BCUT2D eigenvalue weighted by molar-refractivity contribution is -0.141. The van der Waals surface area contributed by atoms with Crippen LogP contribution in [0.5, 0.6) is 0 Å². The summed E-state index contributed by atoms with van der Waals surface area (Å²) in [4.78, 5) is 36.2. The van der Waals surface area contributed by atoms with E-state index >= 15 is 0 Å². The van der Waals surface area contributed by atoms with Crippen molar-refractivity contribution in [3.63, 3.8) is 0 Å². The van der Waals surface area contributed by atoms with Crippen molar-refractivity contribution < 1.29 is 27.9 Å². The molecule has 0 aliphatic heterocycles. The van der Waals surface area contributed by atoms with E-state index in [1.165, 1.54) is 38.1 Å². The Hall–Kier alpha value is -2.42. The number of aliphatic carboxylic acids is 1. The van der Waals surface area contributed by atoms with Crippen LogP contribution in [0.2, 0.25) is 0 Å². The largest absolute Gasteiger partial charge is 0.480 e. The van der Waals surface area contributed by atoms with Crippen LogP contribution >= 0.6 is 0 Å². The third-order valence-electron chi connectivity index (χ3n) is 4.04. The van der Waals surface area contributed by atoms with Crippen LogP contribution in [0.25, 0.3) is 0 Å². The molecule has 0 aliphatic rings. The normalized spacial score (nSPS) is 12.3. The van der Waals surface area contributed by atoms with Gasteiger partial charge in [0.15, 0.2) is 9.84 Å². The highest BCUT2D eigenvalue weighted by molar-refractivity contribution is 7.91. The summed E-state index contributed by atoms with van der Waals surface area (Å²) >= 11 is 0. The third-order valence-corrected chi connectivity index (χ3v) is 5.86. The second-order valence-electron chi connectivity index (χ2n) is 6.19. The standard InChI is InChI=1S/C18H26N2O6S/c1-4-5-12-27(25,26)16-8-6-15(7-9-16)17(22)20(13(2)18(23)24)11-10-19-14(3)21/h6-9,13H,4-5,10-12H2,1-3H3,(H,19,21)(H,23,24). The predicted molar refractivity (Wildman–Crippen MR) is 100 cm³/mol. The van der Waals surface area contributed by atoms with Gasteiger partial charge in [-0.15, -0.1) is 0 Å². The Morgan fingerprint density at radius 1 is 1.19 bits per heavy atom. The second kappa shape index (κ2) is 10.1. The number of hydrogen-bond acceptors (Lipinski definition) is 5. The zero-order valence-corrected chi connectivity index (χ0v) is 16.6. The van der Waals surface area contributed by atoms with Crippen LogP contribution in [-0.4, -0.2) is 61.1 Å². The van der Waals surface area contributed by atoms with Crippen molar-refractivity contribution in [2.24, 2.45) is 0 Å². The van der Waals surface area contributed by atoms with Gasteiger partial charge < -0.3 is 15.3 Å². The molecule has 0 spiro atoms. The Labute approximate surface area is 159 Å². The second-order valence-corrected chi connectivity index (χ2v) is 8.30. The highest BCUT2D eigenvalue weighted by Crippen LogP contribution is 2.16. The Morgan fingerprint density at radius 3 is 2.26 bits per heavy atom. The van der Waals surface area contributed by atoms with Crippen LogP contribution in [0.1, 0.15) is 44.0 Å². The molecule has 0 saturated heterocycles. The number of nitrogens with zero attached hydrogens (tertiary/aromatic N) is 1. The molecule has 0 aliphatic carbocycles. The molecule has 1 aromatic carbocycles. The van der Waals surface area contributed by atoms with Gasteiger partial charge in [0, 0.05) is 25.6 Å². The predicted octanol–water partition coefficient (Wildman–Crippen LogP) is 1.31. The summed E-state index contributed by atoms with van der Waals surface area (Å²) in [6.07, 6.45) is 1.31. The van der Waals surface area contributed by atoms with Gasteiger partial charge in [0.2, 0.25) is 5.91 Å². The first kappa shape index (κ1) is 22.6. The first-order valence-corrected chi connectivity index (χ1v) is 10.4. The van der Waals surface area contributed by atoms with Crippen molar-refractivity contribution in [1.82, 2.24) is 10.2 Å². The maximum atomic E-state index is 12.7. The molecule has 27 heavy (non-hydrogen) atoms. The van der Waals surface area contributed by atoms with Crippen LogP contribution in [-0.2, 0) is 19.4 Å². The molecule has 0 heterocycles. The van der Waals surface area contributed by atoms with E-state index in [2.05, 4.69) is 5.32 Å². The summed E-state index contributed by atoms with van der Waals surface area (Å²) < 4.78 is 24.4. The van der Waals surface area contributed by atoms with Gasteiger partial charge in [-0.05, 0) is 37.6 Å². The molecule has 1 atom stereocenters. The first-order chi connectivity index (χ1) is 12.6. The third kappa shape index (κ3) is 6.67. The molecule has 1 rings (SSSR count). The van der Waals surface area contributed by atoms with E-state index in [-0.39, 0.29) is 35.2 Å². The number of carboxylic acid groups (broad SMARTS) is 1. The zero-order valence-electron chi connectivity index (χ0n) is 15.8. The quantitative estimate of drug-likeness (QED) is 0.613. The summed E-state index contributed by atoms with van der Waals surface area (Å²) in [7, 11) is -3.41. The summed E-state index contributed by atoms with van der Waals surface area (Å²) in [5.41, 5.74) is 0.181. The molecule has 8 nitrogen and oxygen atoms in total. The van der Waals surface area contributed by atoms with Crippen molar-refractivity contribution in [1.29, 1.82) is 0 Å². The summed E-state index contributed by atoms with van der Waals surface area (Å²) in [5.74, 6) is -1.97. The maximum absolute atomic E-state index is 12.7. The number of unbranched alkanes of at least 4 members (excludes halogenated alkanes) is 1. The SMILES string of the molecule is CCCCS(=O)(=O)c1ccc(C(=O)N(CCNC(C)=O)C(C)C(=O)O)cc1. The van der Waals surface area contributed by atoms with Crippen molar-refractivity contribution in [3.8, 4) is 0 Å². The Balaban J connectivity index is 3.00. The number of rotatable bonds is 10. The summed E-state index contributed by atoms with van der Waals surface area (Å²) in [6.45, 7) is 4.73. The fraction of sp³-hybridized carbons (Fsp3) is 0.500. The average molecular weight is 398 g/mol. The monoisotopic (exact) mass is 398 g/mol. The highest BCUT2D eigenvalue weighted by Gasteiger charge is 2.26. The lowest BCUT2D eigenvalue weighted by atomic mass is 10.1. The molecule has 1 aromatic rings. The molecule has 0 fully saturated rings. The van der Waals surface area contributed by atoms with E-state index in [1.807, 2.05) is 6.92 Å². The Morgan fingerprint density at radius 2 is 1.78 bits per heavy atom. The molecule has 2 amide bonds. The van der Waals surface area contributed by atoms with Crippen molar-refractivity contribution in [2.45, 2.75) is 44.6 Å². The van der Waals surface area contributed by atoms with Gasteiger partial charge in [-0.3, -0.25) is 9.59 Å². The molecule has 0 saturated carbocycles. The van der Waals surface area contributed by atoms with E-state index in [4.69, 9.17) is 0 Å². The van der Waals surface area contributed by atoms with Crippen LogP contribution in [0.15, 0.2) is 29.2 Å². The van der Waals surface area contributed by atoms with Gasteiger partial charge in [0.25, 0.3) is 5.91 Å². The summed E-state index contributed by atoms with van der Waals surface area (Å²) in [6, 6.07) is 4.37. The highest BCUT2D eigenvalue weighted by atomic mass is 32.2. The number of nitrogens with one attached hydrogen (secondary N) is 1.